The van der Waals surface area contributed by atoms with Gasteiger partial charge in [0.2, 0.25) is 5.91 Å². The maximum absolute atomic E-state index is 12.9. The van der Waals surface area contributed by atoms with Gasteiger partial charge < -0.3 is 15.4 Å². The summed E-state index contributed by atoms with van der Waals surface area (Å²) >= 11 is 1.56. The number of aromatic nitrogens is 1. The van der Waals surface area contributed by atoms with Crippen molar-refractivity contribution in [2.45, 2.75) is 20.0 Å². The highest BCUT2D eigenvalue weighted by Crippen LogP contribution is 2.37. The molecule has 0 saturated heterocycles. The van der Waals surface area contributed by atoms with Gasteiger partial charge in [0.15, 0.2) is 6.10 Å². The SMILES string of the molecule is Cc1nc(-c2ccc3c(c2)N(CC(=O)Nc2ccc(Nc4ccccc4)cc2)C(=O)C(C)O3)cs1. The Kier molecular flexibility index (Phi) is 6.20. The lowest BCUT2D eigenvalue weighted by molar-refractivity contribution is -0.127. The number of thiazole rings is 1. The van der Waals surface area contributed by atoms with E-state index in [1.54, 1.807) is 18.3 Å². The average molecular weight is 485 g/mol. The molecule has 3 aromatic carbocycles. The molecule has 1 aromatic heterocycles. The summed E-state index contributed by atoms with van der Waals surface area (Å²) in [5.74, 6) is 0.00989. The first-order valence-electron chi connectivity index (χ1n) is 11.2. The number of fused-ring (bicyclic) bond motifs is 1. The van der Waals surface area contributed by atoms with Crippen LogP contribution in [-0.2, 0) is 9.59 Å². The summed E-state index contributed by atoms with van der Waals surface area (Å²) in [6.07, 6.45) is -0.675. The van der Waals surface area contributed by atoms with Crippen molar-refractivity contribution in [3.05, 3.63) is 83.2 Å². The molecule has 1 aliphatic heterocycles. The normalized spacial score (nSPS) is 14.7. The Morgan fingerprint density at radius 1 is 1.03 bits per heavy atom. The number of amides is 2. The van der Waals surface area contributed by atoms with E-state index in [9.17, 15) is 9.59 Å². The zero-order valence-corrected chi connectivity index (χ0v) is 20.1. The van der Waals surface area contributed by atoms with Crippen LogP contribution in [0.25, 0.3) is 11.3 Å². The van der Waals surface area contributed by atoms with E-state index in [0.29, 0.717) is 17.1 Å². The maximum atomic E-state index is 12.9. The monoisotopic (exact) mass is 484 g/mol. The summed E-state index contributed by atoms with van der Waals surface area (Å²) < 4.78 is 5.78. The average Bonchev–Trinajstić information content (AvgIpc) is 3.30. The predicted molar refractivity (Wildman–Crippen MR) is 140 cm³/mol. The van der Waals surface area contributed by atoms with Crippen molar-refractivity contribution in [2.75, 3.05) is 22.1 Å². The third kappa shape index (κ3) is 5.02. The highest BCUT2D eigenvalue weighted by Gasteiger charge is 2.33. The standard InChI is InChI=1S/C27H24N4O3S/c1-17-27(33)31(24-14-19(8-13-25(24)34-17)23-16-35-18(2)28-23)15-26(32)30-22-11-9-21(10-12-22)29-20-6-4-3-5-7-20/h3-14,16-17,29H,15H2,1-2H3,(H,30,32). The predicted octanol–water partition coefficient (Wildman–Crippen LogP) is 5.61. The number of anilines is 4. The second kappa shape index (κ2) is 9.60. The van der Waals surface area contributed by atoms with E-state index < -0.39 is 6.10 Å². The van der Waals surface area contributed by atoms with E-state index in [2.05, 4.69) is 15.6 Å². The summed E-state index contributed by atoms with van der Waals surface area (Å²) in [4.78, 5) is 31.9. The number of ether oxygens (including phenoxy) is 1. The fourth-order valence-corrected chi connectivity index (χ4v) is 4.52. The van der Waals surface area contributed by atoms with Crippen molar-refractivity contribution >= 4 is 45.9 Å². The molecular formula is C27H24N4O3S. The van der Waals surface area contributed by atoms with Gasteiger partial charge in [0.25, 0.3) is 5.91 Å². The number of carbonyl (C=O) groups is 2. The molecule has 176 valence electrons. The minimum Gasteiger partial charge on any atom is -0.479 e. The highest BCUT2D eigenvalue weighted by molar-refractivity contribution is 7.09. The lowest BCUT2D eigenvalue weighted by atomic mass is 10.1. The fraction of sp³-hybridized carbons (Fsp3) is 0.148. The third-order valence-electron chi connectivity index (χ3n) is 5.61. The van der Waals surface area contributed by atoms with Gasteiger partial charge in [-0.15, -0.1) is 11.3 Å². The van der Waals surface area contributed by atoms with Crippen LogP contribution in [-0.4, -0.2) is 29.4 Å². The Labute approximate surface area is 207 Å². The van der Waals surface area contributed by atoms with E-state index in [-0.39, 0.29) is 18.4 Å². The molecule has 0 saturated carbocycles. The number of hydrogen-bond acceptors (Lipinski definition) is 6. The molecule has 7 nitrogen and oxygen atoms in total. The van der Waals surface area contributed by atoms with Crippen molar-refractivity contribution in [2.24, 2.45) is 0 Å². The molecule has 1 unspecified atom stereocenters. The Hall–Kier alpha value is -4.17. The number of benzene rings is 3. The zero-order valence-electron chi connectivity index (χ0n) is 19.3. The summed E-state index contributed by atoms with van der Waals surface area (Å²) in [6, 6.07) is 22.9. The molecule has 0 aliphatic carbocycles. The van der Waals surface area contributed by atoms with Gasteiger partial charge in [0.1, 0.15) is 12.3 Å². The second-order valence-corrected chi connectivity index (χ2v) is 9.30. The van der Waals surface area contributed by atoms with Gasteiger partial charge in [-0.1, -0.05) is 18.2 Å². The topological polar surface area (TPSA) is 83.6 Å². The van der Waals surface area contributed by atoms with Crippen molar-refractivity contribution in [3.8, 4) is 17.0 Å². The van der Waals surface area contributed by atoms with E-state index in [1.165, 1.54) is 4.90 Å². The molecule has 0 fully saturated rings. The maximum Gasteiger partial charge on any atom is 0.268 e. The summed E-state index contributed by atoms with van der Waals surface area (Å²) in [6.45, 7) is 3.51. The smallest absolute Gasteiger partial charge is 0.268 e. The molecular weight excluding hydrogens is 460 g/mol. The number of hydrogen-bond donors (Lipinski definition) is 2. The van der Waals surface area contributed by atoms with E-state index in [0.717, 1.165) is 27.6 Å². The van der Waals surface area contributed by atoms with E-state index in [1.807, 2.05) is 85.1 Å². The number of rotatable bonds is 6. The van der Waals surface area contributed by atoms with Gasteiger partial charge in [0, 0.05) is 28.0 Å². The van der Waals surface area contributed by atoms with E-state index >= 15 is 0 Å². The van der Waals surface area contributed by atoms with Crippen molar-refractivity contribution in [1.29, 1.82) is 0 Å². The fourth-order valence-electron chi connectivity index (χ4n) is 3.89. The minimum atomic E-state index is -0.675. The molecule has 2 amide bonds. The van der Waals surface area contributed by atoms with Crippen LogP contribution in [0.4, 0.5) is 22.7 Å². The van der Waals surface area contributed by atoms with Crippen LogP contribution in [0.15, 0.2) is 78.2 Å². The minimum absolute atomic E-state index is 0.122. The Balaban J connectivity index is 1.31. The first-order chi connectivity index (χ1) is 17.0. The third-order valence-corrected chi connectivity index (χ3v) is 6.39. The number of para-hydroxylation sites is 1. The number of aryl methyl sites for hydroxylation is 1. The Morgan fingerprint density at radius 3 is 2.46 bits per heavy atom. The van der Waals surface area contributed by atoms with Crippen molar-refractivity contribution in [3.63, 3.8) is 0 Å². The van der Waals surface area contributed by atoms with Crippen molar-refractivity contribution < 1.29 is 14.3 Å². The Morgan fingerprint density at radius 2 is 1.74 bits per heavy atom. The molecule has 35 heavy (non-hydrogen) atoms. The molecule has 5 rings (SSSR count). The van der Waals surface area contributed by atoms with Gasteiger partial charge in [-0.3, -0.25) is 14.5 Å². The molecule has 1 aliphatic rings. The van der Waals surface area contributed by atoms with Crippen LogP contribution in [0.3, 0.4) is 0 Å². The van der Waals surface area contributed by atoms with Crippen LogP contribution >= 0.6 is 11.3 Å². The molecule has 2 N–H and O–H groups in total. The van der Waals surface area contributed by atoms with E-state index in [4.69, 9.17) is 4.74 Å². The summed E-state index contributed by atoms with van der Waals surface area (Å²) in [5.41, 5.74) is 4.80. The molecule has 4 aromatic rings. The quantitative estimate of drug-likeness (QED) is 0.371. The van der Waals surface area contributed by atoms with Crippen LogP contribution in [0.5, 0.6) is 5.75 Å². The van der Waals surface area contributed by atoms with Gasteiger partial charge in [-0.2, -0.15) is 0 Å². The second-order valence-electron chi connectivity index (χ2n) is 8.24. The lowest BCUT2D eigenvalue weighted by Crippen LogP contribution is -2.47. The van der Waals surface area contributed by atoms with Crippen LogP contribution in [0.2, 0.25) is 0 Å². The summed E-state index contributed by atoms with van der Waals surface area (Å²) in [5, 5.41) is 9.12. The van der Waals surface area contributed by atoms with Crippen LogP contribution < -0.4 is 20.3 Å². The molecule has 0 radical (unpaired) electrons. The van der Waals surface area contributed by atoms with Crippen molar-refractivity contribution in [1.82, 2.24) is 4.98 Å². The van der Waals surface area contributed by atoms with Gasteiger partial charge >= 0.3 is 0 Å². The largest absolute Gasteiger partial charge is 0.479 e. The highest BCUT2D eigenvalue weighted by atomic mass is 32.1. The number of nitrogens with one attached hydrogen (secondary N) is 2. The number of nitrogens with zero attached hydrogens (tertiary/aromatic N) is 2. The van der Waals surface area contributed by atoms with Gasteiger partial charge in [-0.05, 0) is 68.4 Å². The molecule has 8 heteroatoms. The summed E-state index contributed by atoms with van der Waals surface area (Å²) in [7, 11) is 0. The van der Waals surface area contributed by atoms with Gasteiger partial charge in [0.05, 0.1) is 16.4 Å². The molecule has 2 heterocycles. The molecule has 0 bridgehead atoms. The van der Waals surface area contributed by atoms with Crippen LogP contribution in [0.1, 0.15) is 11.9 Å². The first kappa shape index (κ1) is 22.6. The molecule has 1 atom stereocenters. The molecule has 0 spiro atoms. The number of carbonyl (C=O) groups excluding carboxylic acids is 2. The lowest BCUT2D eigenvalue weighted by Gasteiger charge is -2.32. The zero-order chi connectivity index (χ0) is 24.4. The van der Waals surface area contributed by atoms with Crippen LogP contribution in [0, 0.1) is 6.92 Å². The first-order valence-corrected chi connectivity index (χ1v) is 12.1. The van der Waals surface area contributed by atoms with Gasteiger partial charge in [-0.25, -0.2) is 4.98 Å². The Bertz CT molecular complexity index is 1370.